The molecule has 100 valence electrons. The maximum Gasteiger partial charge on any atom is 0.540 e. The van der Waals surface area contributed by atoms with Gasteiger partial charge in [-0.15, -0.1) is 0 Å². The molecule has 0 spiro atoms. The lowest BCUT2D eigenvalue weighted by Crippen LogP contribution is -2.50. The minimum Gasteiger partial charge on any atom is -0.370 e. The fraction of sp³-hybridized carbons (Fsp3) is 0.750. The first kappa shape index (κ1) is 16.5. The van der Waals surface area contributed by atoms with Crippen LogP contribution in [0.5, 0.6) is 0 Å². The molecule has 0 atom stereocenters. The van der Waals surface area contributed by atoms with Crippen molar-refractivity contribution in [2.75, 3.05) is 19.8 Å². The minimum atomic E-state index is -3.02. The van der Waals surface area contributed by atoms with Crippen molar-refractivity contribution in [1.29, 1.82) is 0 Å². The van der Waals surface area contributed by atoms with Crippen LogP contribution in [0.3, 0.4) is 0 Å². The molecule has 4 nitrogen and oxygen atoms in total. The van der Waals surface area contributed by atoms with E-state index in [4.69, 9.17) is 13.3 Å². The Balaban J connectivity index is 5.51. The fourth-order valence-corrected chi connectivity index (χ4v) is 4.65. The van der Waals surface area contributed by atoms with Crippen molar-refractivity contribution in [2.45, 2.75) is 41.5 Å². The molecular weight excluding hydrogens is 236 g/mol. The zero-order valence-corrected chi connectivity index (χ0v) is 12.8. The molecule has 0 aromatic heterocycles. The highest BCUT2D eigenvalue weighted by Gasteiger charge is 2.48. The molecule has 0 saturated carbocycles. The lowest BCUT2D eigenvalue weighted by atomic mass is 10.3. The zero-order valence-electron chi connectivity index (χ0n) is 11.8. The average molecular weight is 260 g/mol. The summed E-state index contributed by atoms with van der Waals surface area (Å²) in [5.41, 5.74) is 0.902. The molecule has 0 aliphatic heterocycles. The van der Waals surface area contributed by atoms with Crippen LogP contribution in [0.25, 0.3) is 0 Å². The summed E-state index contributed by atoms with van der Waals surface area (Å²) in [5.74, 6) is -0.0352. The van der Waals surface area contributed by atoms with E-state index in [1.165, 1.54) is 6.92 Å². The maximum absolute atomic E-state index is 11.8. The van der Waals surface area contributed by atoms with Crippen LogP contribution < -0.4 is 0 Å². The monoisotopic (exact) mass is 260 g/mol. The largest absolute Gasteiger partial charge is 0.540 e. The number of carbonyl (C=O) groups is 1. The summed E-state index contributed by atoms with van der Waals surface area (Å²) in [6, 6.07) is 0. The van der Waals surface area contributed by atoms with Gasteiger partial charge >= 0.3 is 8.80 Å². The van der Waals surface area contributed by atoms with E-state index < -0.39 is 8.80 Å². The summed E-state index contributed by atoms with van der Waals surface area (Å²) in [6.07, 6.45) is 0. The van der Waals surface area contributed by atoms with Crippen LogP contribution in [0.15, 0.2) is 10.8 Å². The summed E-state index contributed by atoms with van der Waals surface area (Å²) >= 11 is 0. The normalized spacial score (nSPS) is 11.4. The van der Waals surface area contributed by atoms with Gasteiger partial charge < -0.3 is 13.3 Å². The fourth-order valence-electron chi connectivity index (χ4n) is 1.79. The van der Waals surface area contributed by atoms with Gasteiger partial charge in [0.2, 0.25) is 0 Å². The second-order valence-corrected chi connectivity index (χ2v) is 6.26. The van der Waals surface area contributed by atoms with E-state index in [9.17, 15) is 4.79 Å². The molecule has 0 aromatic carbocycles. The van der Waals surface area contributed by atoms with Crippen molar-refractivity contribution in [3.63, 3.8) is 0 Å². The maximum atomic E-state index is 11.8. The number of hydrogen-bond acceptors (Lipinski definition) is 4. The number of Topliss-reactive ketones (excluding diaryl/α,β-unsaturated/α-hetero) is 1. The van der Waals surface area contributed by atoms with Crippen LogP contribution in [0.2, 0.25) is 0 Å². The van der Waals surface area contributed by atoms with Crippen molar-refractivity contribution in [2.24, 2.45) is 0 Å². The Labute approximate surface area is 105 Å². The van der Waals surface area contributed by atoms with E-state index in [2.05, 4.69) is 0 Å². The van der Waals surface area contributed by atoms with Gasteiger partial charge in [0.15, 0.2) is 5.78 Å². The summed E-state index contributed by atoms with van der Waals surface area (Å²) < 4.78 is 17.1. The quantitative estimate of drug-likeness (QED) is 0.497. The predicted octanol–water partition coefficient (Wildman–Crippen LogP) is 2.50. The number of carbonyl (C=O) groups excluding carboxylic acids is 1. The number of hydrogen-bond donors (Lipinski definition) is 0. The van der Waals surface area contributed by atoms with Crippen molar-refractivity contribution in [3.8, 4) is 0 Å². The Bertz CT molecular complexity index is 265. The number of ketones is 1. The molecule has 17 heavy (non-hydrogen) atoms. The molecule has 0 aliphatic carbocycles. The van der Waals surface area contributed by atoms with Gasteiger partial charge in [-0.2, -0.15) is 0 Å². The molecule has 0 rings (SSSR count). The zero-order chi connectivity index (χ0) is 13.5. The Morgan fingerprint density at radius 2 is 1.24 bits per heavy atom. The molecule has 5 heteroatoms. The molecule has 0 unspecified atom stereocenters. The first-order valence-corrected chi connectivity index (χ1v) is 7.78. The highest BCUT2D eigenvalue weighted by atomic mass is 28.4. The molecule has 0 radical (unpaired) electrons. The number of allylic oxidation sites excluding steroid dienone is 2. The lowest BCUT2D eigenvalue weighted by molar-refractivity contribution is -0.113. The Hall–Kier alpha value is -0.493. The molecule has 0 saturated heterocycles. The van der Waals surface area contributed by atoms with Gasteiger partial charge in [-0.3, -0.25) is 4.79 Å². The van der Waals surface area contributed by atoms with Crippen molar-refractivity contribution < 1.29 is 18.1 Å². The number of rotatable bonds is 8. The van der Waals surface area contributed by atoms with Gasteiger partial charge in [0.05, 0.1) is 5.20 Å². The predicted molar refractivity (Wildman–Crippen MR) is 69.7 cm³/mol. The van der Waals surface area contributed by atoms with Gasteiger partial charge in [0.1, 0.15) is 0 Å². The van der Waals surface area contributed by atoms with Gasteiger partial charge in [0.25, 0.3) is 0 Å². The smallest absolute Gasteiger partial charge is 0.370 e. The molecule has 0 N–H and O–H groups in total. The third-order valence-corrected chi connectivity index (χ3v) is 5.63. The molecule has 0 amide bonds. The van der Waals surface area contributed by atoms with E-state index in [1.54, 1.807) is 0 Å². The Morgan fingerprint density at radius 1 is 0.882 bits per heavy atom. The molecule has 0 aromatic rings. The van der Waals surface area contributed by atoms with Crippen LogP contribution in [0.1, 0.15) is 41.5 Å². The Kier molecular flexibility index (Phi) is 7.54. The highest BCUT2D eigenvalue weighted by Crippen LogP contribution is 2.24. The third kappa shape index (κ3) is 4.35. The summed E-state index contributed by atoms with van der Waals surface area (Å²) in [4.78, 5) is 11.8. The molecule has 0 fully saturated rings. The van der Waals surface area contributed by atoms with E-state index in [0.717, 1.165) is 5.57 Å². The topological polar surface area (TPSA) is 44.8 Å². The van der Waals surface area contributed by atoms with Crippen LogP contribution in [0.4, 0.5) is 0 Å². The second-order valence-electron chi connectivity index (χ2n) is 3.79. The minimum absolute atomic E-state index is 0.0352. The summed E-state index contributed by atoms with van der Waals surface area (Å²) in [7, 11) is -3.02. The Morgan fingerprint density at radius 3 is 1.41 bits per heavy atom. The second kappa shape index (κ2) is 7.76. The molecule has 0 bridgehead atoms. The van der Waals surface area contributed by atoms with Gasteiger partial charge in [-0.1, -0.05) is 5.57 Å². The van der Waals surface area contributed by atoms with Crippen LogP contribution in [0, 0.1) is 0 Å². The van der Waals surface area contributed by atoms with Gasteiger partial charge in [-0.25, -0.2) is 0 Å². The van der Waals surface area contributed by atoms with Crippen molar-refractivity contribution in [3.05, 3.63) is 10.8 Å². The van der Waals surface area contributed by atoms with Crippen molar-refractivity contribution >= 4 is 14.6 Å². The van der Waals surface area contributed by atoms with Crippen molar-refractivity contribution in [1.82, 2.24) is 0 Å². The van der Waals surface area contributed by atoms with Crippen LogP contribution >= 0.6 is 0 Å². The molecule has 0 heterocycles. The van der Waals surface area contributed by atoms with Gasteiger partial charge in [-0.05, 0) is 41.5 Å². The van der Waals surface area contributed by atoms with Crippen LogP contribution in [-0.2, 0) is 18.1 Å². The van der Waals surface area contributed by atoms with E-state index in [-0.39, 0.29) is 5.78 Å². The van der Waals surface area contributed by atoms with Crippen LogP contribution in [-0.4, -0.2) is 34.4 Å². The first-order chi connectivity index (χ1) is 7.95. The van der Waals surface area contributed by atoms with E-state index >= 15 is 0 Å². The van der Waals surface area contributed by atoms with Gasteiger partial charge in [0, 0.05) is 19.8 Å². The van der Waals surface area contributed by atoms with E-state index in [0.29, 0.717) is 25.0 Å². The SMILES string of the molecule is CCO[Si](OCC)(OCC)C(C(C)=O)=C(C)C. The standard InChI is InChI=1S/C12H24O4Si/c1-7-14-17(15-8-2,16-9-3)12(10(4)5)11(6)13/h7-9H2,1-6H3. The molecular formula is C12H24O4Si. The lowest BCUT2D eigenvalue weighted by Gasteiger charge is -2.30. The first-order valence-electron chi connectivity index (χ1n) is 6.05. The third-order valence-electron chi connectivity index (χ3n) is 2.16. The molecule has 0 aliphatic rings. The highest BCUT2D eigenvalue weighted by molar-refractivity contribution is 6.74. The summed E-state index contributed by atoms with van der Waals surface area (Å²) in [6.45, 7) is 12.3. The average Bonchev–Trinajstić information content (AvgIpc) is 2.17. The van der Waals surface area contributed by atoms with E-state index in [1.807, 2.05) is 34.6 Å². The summed E-state index contributed by atoms with van der Waals surface area (Å²) in [5, 5.41) is 0.586.